The van der Waals surface area contributed by atoms with Gasteiger partial charge in [0.15, 0.2) is 0 Å². The molecule has 0 aliphatic rings. The van der Waals surface area contributed by atoms with Crippen LogP contribution >= 0.6 is 0 Å². The number of sulfonamides is 1. The first kappa shape index (κ1) is 20.4. The van der Waals surface area contributed by atoms with E-state index in [1.807, 2.05) is 19.1 Å². The van der Waals surface area contributed by atoms with Crippen LogP contribution in [0.1, 0.15) is 64.9 Å². The van der Waals surface area contributed by atoms with Gasteiger partial charge < -0.3 is 0 Å². The molecule has 1 rings (SSSR count). The largest absolute Gasteiger partial charge is 0.287 e. The molecule has 23 heavy (non-hydrogen) atoms. The molecule has 0 aromatic heterocycles. The highest BCUT2D eigenvalue weighted by Gasteiger charge is 2.15. The average Bonchev–Trinajstić information content (AvgIpc) is 2.49. The summed E-state index contributed by atoms with van der Waals surface area (Å²) in [5, 5.41) is 0.269. The molecule has 0 aliphatic carbocycles. The zero-order chi connectivity index (χ0) is 17.3. The Morgan fingerprint density at radius 3 is 2.13 bits per heavy atom. The van der Waals surface area contributed by atoms with Crippen molar-refractivity contribution in [2.75, 3.05) is 5.75 Å². The van der Waals surface area contributed by atoms with Gasteiger partial charge in [-0.25, -0.2) is 0 Å². The second-order valence-electron chi connectivity index (χ2n) is 6.28. The zero-order valence-corrected chi connectivity index (χ0v) is 16.5. The minimum atomic E-state index is -3.54. The second kappa shape index (κ2) is 10.2. The lowest BCUT2D eigenvalue weighted by Gasteiger charge is -2.12. The standard InChI is InChI=1S/C18H31NO2S2/c1-5-6-7-8-9-10-15-22(16(2)3)19-23(20,21)18-13-11-17(4)12-14-18/h11-14,16H,5-10,15H2,1-4H3. The van der Waals surface area contributed by atoms with Crippen molar-refractivity contribution < 1.29 is 8.42 Å². The van der Waals surface area contributed by atoms with E-state index in [0.29, 0.717) is 4.90 Å². The molecule has 0 heterocycles. The fourth-order valence-electron chi connectivity index (χ4n) is 2.27. The van der Waals surface area contributed by atoms with Crippen LogP contribution in [0.4, 0.5) is 0 Å². The van der Waals surface area contributed by atoms with Gasteiger partial charge in [0.2, 0.25) is 0 Å². The van der Waals surface area contributed by atoms with E-state index >= 15 is 0 Å². The van der Waals surface area contributed by atoms with Crippen LogP contribution in [-0.4, -0.2) is 19.4 Å². The molecule has 0 saturated carbocycles. The quantitative estimate of drug-likeness (QED) is 0.537. The van der Waals surface area contributed by atoms with Crippen molar-refractivity contribution in [1.82, 2.24) is 0 Å². The Morgan fingerprint density at radius 2 is 1.57 bits per heavy atom. The maximum Gasteiger partial charge on any atom is 0.287 e. The van der Waals surface area contributed by atoms with E-state index in [4.69, 9.17) is 0 Å². The fourth-order valence-corrected chi connectivity index (χ4v) is 6.06. The van der Waals surface area contributed by atoms with E-state index in [1.165, 1.54) is 32.1 Å². The first-order valence-electron chi connectivity index (χ1n) is 8.61. The summed E-state index contributed by atoms with van der Waals surface area (Å²) < 4.78 is 29.2. The highest BCUT2D eigenvalue weighted by atomic mass is 32.3. The summed E-state index contributed by atoms with van der Waals surface area (Å²) in [4.78, 5) is 0.309. The van der Waals surface area contributed by atoms with Crippen molar-refractivity contribution in [3.63, 3.8) is 0 Å². The molecule has 0 N–H and O–H groups in total. The number of nitrogens with zero attached hydrogens (tertiary/aromatic N) is 1. The Balaban J connectivity index is 2.71. The van der Waals surface area contributed by atoms with Crippen LogP contribution < -0.4 is 0 Å². The lowest BCUT2D eigenvalue weighted by molar-refractivity contribution is 0.598. The molecule has 0 amide bonds. The van der Waals surface area contributed by atoms with E-state index in [0.717, 1.165) is 17.7 Å². The number of hydrogen-bond acceptors (Lipinski definition) is 2. The normalized spacial score (nSPS) is 13.6. The number of rotatable bonds is 10. The molecule has 1 aromatic carbocycles. The molecule has 5 heteroatoms. The Hall–Kier alpha value is -0.680. The van der Waals surface area contributed by atoms with Crippen LogP contribution in [0.25, 0.3) is 0 Å². The Labute approximate surface area is 145 Å². The smallest absolute Gasteiger partial charge is 0.199 e. The maximum absolute atomic E-state index is 12.5. The van der Waals surface area contributed by atoms with Gasteiger partial charge >= 0.3 is 0 Å². The van der Waals surface area contributed by atoms with E-state index in [2.05, 4.69) is 24.5 Å². The van der Waals surface area contributed by atoms with Crippen LogP contribution in [-0.2, 0) is 20.7 Å². The van der Waals surface area contributed by atoms with Crippen molar-refractivity contribution in [2.45, 2.75) is 76.4 Å². The zero-order valence-electron chi connectivity index (χ0n) is 14.9. The van der Waals surface area contributed by atoms with Gasteiger partial charge in [-0.15, -0.1) is 3.77 Å². The molecule has 0 spiro atoms. The van der Waals surface area contributed by atoms with Crippen molar-refractivity contribution in [3.05, 3.63) is 29.8 Å². The summed E-state index contributed by atoms with van der Waals surface area (Å²) in [6.07, 6.45) is 7.31. The fraction of sp³-hybridized carbons (Fsp3) is 0.667. The number of hydrogen-bond donors (Lipinski definition) is 0. The molecule has 0 bridgehead atoms. The molecular formula is C18H31NO2S2. The van der Waals surface area contributed by atoms with E-state index < -0.39 is 20.7 Å². The number of unbranched alkanes of at least 4 members (excludes halogenated alkanes) is 5. The lowest BCUT2D eigenvalue weighted by atomic mass is 10.1. The van der Waals surface area contributed by atoms with Gasteiger partial charge in [-0.1, -0.05) is 81.3 Å². The molecule has 1 aromatic rings. The average molecular weight is 358 g/mol. The van der Waals surface area contributed by atoms with Gasteiger partial charge in [-0.05, 0) is 25.5 Å². The highest BCUT2D eigenvalue weighted by Crippen LogP contribution is 2.17. The van der Waals surface area contributed by atoms with Crippen molar-refractivity contribution in [2.24, 2.45) is 3.77 Å². The first-order valence-corrected chi connectivity index (χ1v) is 11.5. The Bertz CT molecular complexity index is 590. The van der Waals surface area contributed by atoms with Crippen LogP contribution in [0.15, 0.2) is 32.9 Å². The van der Waals surface area contributed by atoms with Crippen LogP contribution in [0, 0.1) is 6.92 Å². The van der Waals surface area contributed by atoms with E-state index in [9.17, 15) is 8.42 Å². The van der Waals surface area contributed by atoms with Gasteiger partial charge in [0.1, 0.15) is 0 Å². The third-order valence-corrected chi connectivity index (χ3v) is 7.98. The summed E-state index contributed by atoms with van der Waals surface area (Å²) >= 11 is 0. The van der Waals surface area contributed by atoms with Crippen molar-refractivity contribution >= 4 is 20.7 Å². The maximum atomic E-state index is 12.5. The monoisotopic (exact) mass is 357 g/mol. The molecular weight excluding hydrogens is 326 g/mol. The van der Waals surface area contributed by atoms with Gasteiger partial charge in [0.05, 0.1) is 4.90 Å². The van der Waals surface area contributed by atoms with Crippen LogP contribution in [0.3, 0.4) is 0 Å². The third-order valence-electron chi connectivity index (χ3n) is 3.76. The molecule has 0 saturated heterocycles. The predicted molar refractivity (Wildman–Crippen MR) is 102 cm³/mol. The van der Waals surface area contributed by atoms with E-state index in [1.54, 1.807) is 12.1 Å². The summed E-state index contributed by atoms with van der Waals surface area (Å²) in [5.41, 5.74) is 1.05. The van der Waals surface area contributed by atoms with Crippen molar-refractivity contribution in [1.29, 1.82) is 0 Å². The van der Waals surface area contributed by atoms with Gasteiger partial charge in [0, 0.05) is 11.0 Å². The summed E-state index contributed by atoms with van der Waals surface area (Å²) in [5.74, 6) is 0.884. The molecule has 3 nitrogen and oxygen atoms in total. The number of benzene rings is 1. The first-order chi connectivity index (χ1) is 10.9. The molecule has 0 fully saturated rings. The molecule has 0 radical (unpaired) electrons. The second-order valence-corrected chi connectivity index (χ2v) is 10.5. The highest BCUT2D eigenvalue weighted by molar-refractivity contribution is 8.00. The third kappa shape index (κ3) is 7.62. The van der Waals surface area contributed by atoms with Gasteiger partial charge in [0.25, 0.3) is 10.0 Å². The van der Waals surface area contributed by atoms with Crippen LogP contribution in [0.2, 0.25) is 0 Å². The van der Waals surface area contributed by atoms with Gasteiger partial charge in [-0.3, -0.25) is 0 Å². The van der Waals surface area contributed by atoms with E-state index in [-0.39, 0.29) is 5.25 Å². The molecule has 1 atom stereocenters. The molecule has 0 aliphatic heterocycles. The lowest BCUT2D eigenvalue weighted by Crippen LogP contribution is -2.12. The summed E-state index contributed by atoms with van der Waals surface area (Å²) in [7, 11) is -3.96. The Kier molecular flexibility index (Phi) is 9.07. The molecule has 132 valence electrons. The minimum absolute atomic E-state index is 0.269. The minimum Gasteiger partial charge on any atom is -0.199 e. The Morgan fingerprint density at radius 1 is 1.00 bits per heavy atom. The molecule has 1 unspecified atom stereocenters. The van der Waals surface area contributed by atoms with Crippen molar-refractivity contribution in [3.8, 4) is 0 Å². The van der Waals surface area contributed by atoms with Gasteiger partial charge in [-0.2, -0.15) is 8.42 Å². The summed E-state index contributed by atoms with van der Waals surface area (Å²) in [6.45, 7) is 8.29. The SMILES string of the molecule is CCCCCCCCS(=NS(=O)(=O)c1ccc(C)cc1)C(C)C. The predicted octanol–water partition coefficient (Wildman–Crippen LogP) is 5.25. The summed E-state index contributed by atoms with van der Waals surface area (Å²) in [6, 6.07) is 6.95. The number of aryl methyl sites for hydroxylation is 1. The van der Waals surface area contributed by atoms with Crippen LogP contribution in [0.5, 0.6) is 0 Å². The topological polar surface area (TPSA) is 46.5 Å².